The predicted molar refractivity (Wildman–Crippen MR) is 46.2 cm³/mol. The molecule has 0 atom stereocenters. The van der Waals surface area contributed by atoms with E-state index in [1.165, 1.54) is 11.1 Å². The highest BCUT2D eigenvalue weighted by atomic mass is 15.2. The number of aromatic nitrogens is 1. The van der Waals surface area contributed by atoms with Gasteiger partial charge in [0.2, 0.25) is 0 Å². The first kappa shape index (κ1) is 8.01. The van der Waals surface area contributed by atoms with Crippen molar-refractivity contribution >= 4 is 5.82 Å². The number of pyridine rings is 1. The summed E-state index contributed by atoms with van der Waals surface area (Å²) in [5.41, 5.74) is 5.00. The highest BCUT2D eigenvalue weighted by Gasteiger charge is 2.01. The molecule has 0 aromatic carbocycles. The Morgan fingerprint density at radius 3 is 2.82 bits per heavy atom. The van der Waals surface area contributed by atoms with E-state index in [4.69, 9.17) is 5.84 Å². The van der Waals surface area contributed by atoms with E-state index in [9.17, 15) is 0 Å². The summed E-state index contributed by atoms with van der Waals surface area (Å²) in [5, 5.41) is 0. The van der Waals surface area contributed by atoms with Crippen molar-refractivity contribution in [3.63, 3.8) is 0 Å². The Morgan fingerprint density at radius 2 is 2.36 bits per heavy atom. The van der Waals surface area contributed by atoms with Gasteiger partial charge in [-0.15, -0.1) is 0 Å². The Morgan fingerprint density at radius 1 is 1.64 bits per heavy atom. The number of nitrogens with two attached hydrogens (primary N) is 1. The van der Waals surface area contributed by atoms with Crippen LogP contribution < -0.4 is 11.3 Å². The predicted octanol–water partition coefficient (Wildman–Crippen LogP) is 1.24. The molecule has 0 amide bonds. The Bertz CT molecular complexity index is 245. The Kier molecular flexibility index (Phi) is 2.44. The van der Waals surface area contributed by atoms with Crippen molar-refractivity contribution in [3.05, 3.63) is 23.4 Å². The number of hydrogen-bond acceptors (Lipinski definition) is 3. The second kappa shape index (κ2) is 3.34. The molecule has 60 valence electrons. The molecule has 0 saturated carbocycles. The average Bonchev–Trinajstić information content (AvgIpc) is 2.04. The number of hydrazine groups is 1. The molecule has 1 rings (SSSR count). The zero-order valence-electron chi connectivity index (χ0n) is 6.89. The summed E-state index contributed by atoms with van der Waals surface area (Å²) in [4.78, 5) is 4.09. The zero-order chi connectivity index (χ0) is 8.27. The van der Waals surface area contributed by atoms with Crippen molar-refractivity contribution in [2.24, 2.45) is 5.84 Å². The standard InChI is InChI=1S/C8H13N3/c1-3-7-6(2)4-5-10-8(7)11-9/h4-5H,3,9H2,1-2H3,(H,10,11). The number of anilines is 1. The van der Waals surface area contributed by atoms with Crippen LogP contribution >= 0.6 is 0 Å². The largest absolute Gasteiger partial charge is 0.308 e. The van der Waals surface area contributed by atoms with Gasteiger partial charge in [0.1, 0.15) is 5.82 Å². The van der Waals surface area contributed by atoms with E-state index in [-0.39, 0.29) is 0 Å². The third-order valence-corrected chi connectivity index (χ3v) is 1.78. The van der Waals surface area contributed by atoms with Gasteiger partial charge in [-0.05, 0) is 30.5 Å². The molecule has 3 heteroatoms. The monoisotopic (exact) mass is 151 g/mol. The summed E-state index contributed by atoms with van der Waals surface area (Å²) in [5.74, 6) is 6.07. The molecule has 0 aliphatic rings. The van der Waals surface area contributed by atoms with Crippen LogP contribution in [-0.4, -0.2) is 4.98 Å². The Hall–Kier alpha value is -1.09. The van der Waals surface area contributed by atoms with E-state index in [0.29, 0.717) is 0 Å². The summed E-state index contributed by atoms with van der Waals surface area (Å²) >= 11 is 0. The second-order valence-corrected chi connectivity index (χ2v) is 2.45. The van der Waals surface area contributed by atoms with Crippen LogP contribution in [0.1, 0.15) is 18.1 Å². The number of aryl methyl sites for hydroxylation is 1. The Balaban J connectivity index is 3.13. The van der Waals surface area contributed by atoms with Crippen molar-refractivity contribution in [1.82, 2.24) is 4.98 Å². The fraction of sp³-hybridized carbons (Fsp3) is 0.375. The number of nitrogens with zero attached hydrogens (tertiary/aromatic N) is 1. The smallest absolute Gasteiger partial charge is 0.143 e. The molecule has 3 nitrogen and oxygen atoms in total. The molecule has 3 N–H and O–H groups in total. The van der Waals surface area contributed by atoms with Gasteiger partial charge in [-0.25, -0.2) is 10.8 Å². The van der Waals surface area contributed by atoms with Crippen molar-refractivity contribution < 1.29 is 0 Å². The maximum Gasteiger partial charge on any atom is 0.143 e. The van der Waals surface area contributed by atoms with E-state index in [1.807, 2.05) is 6.07 Å². The maximum absolute atomic E-state index is 5.28. The lowest BCUT2D eigenvalue weighted by Crippen LogP contribution is -2.11. The van der Waals surface area contributed by atoms with E-state index in [1.54, 1.807) is 6.20 Å². The maximum atomic E-state index is 5.28. The number of hydrogen-bond donors (Lipinski definition) is 2. The summed E-state index contributed by atoms with van der Waals surface area (Å²) in [6.45, 7) is 4.15. The van der Waals surface area contributed by atoms with Gasteiger partial charge in [-0.3, -0.25) is 0 Å². The molecular weight excluding hydrogens is 138 g/mol. The molecule has 11 heavy (non-hydrogen) atoms. The summed E-state index contributed by atoms with van der Waals surface area (Å²) in [6.07, 6.45) is 2.71. The summed E-state index contributed by atoms with van der Waals surface area (Å²) in [7, 11) is 0. The minimum absolute atomic E-state index is 0.785. The van der Waals surface area contributed by atoms with Crippen molar-refractivity contribution in [2.75, 3.05) is 5.43 Å². The molecule has 0 aliphatic carbocycles. The van der Waals surface area contributed by atoms with Crippen molar-refractivity contribution in [1.29, 1.82) is 0 Å². The first-order chi connectivity index (χ1) is 5.29. The minimum atomic E-state index is 0.785. The van der Waals surface area contributed by atoms with Gasteiger partial charge in [0.15, 0.2) is 0 Å². The highest BCUT2D eigenvalue weighted by Crippen LogP contribution is 2.15. The van der Waals surface area contributed by atoms with Crippen LogP contribution in [0.15, 0.2) is 12.3 Å². The van der Waals surface area contributed by atoms with Gasteiger partial charge in [0, 0.05) is 6.20 Å². The van der Waals surface area contributed by atoms with Gasteiger partial charge in [-0.2, -0.15) is 0 Å². The van der Waals surface area contributed by atoms with Crippen LogP contribution in [0.3, 0.4) is 0 Å². The van der Waals surface area contributed by atoms with Gasteiger partial charge in [0.05, 0.1) is 0 Å². The van der Waals surface area contributed by atoms with Crippen LogP contribution in [0.2, 0.25) is 0 Å². The lowest BCUT2D eigenvalue weighted by molar-refractivity contribution is 1.06. The fourth-order valence-electron chi connectivity index (χ4n) is 1.16. The molecule has 1 aromatic rings. The first-order valence-electron chi connectivity index (χ1n) is 3.70. The van der Waals surface area contributed by atoms with Crippen LogP contribution in [0.25, 0.3) is 0 Å². The van der Waals surface area contributed by atoms with Gasteiger partial charge in [-0.1, -0.05) is 6.92 Å². The lowest BCUT2D eigenvalue weighted by Gasteiger charge is -2.07. The molecule has 1 heterocycles. The number of nitrogens with one attached hydrogen (secondary N) is 1. The molecule has 1 aromatic heterocycles. The van der Waals surface area contributed by atoms with Crippen LogP contribution in [0, 0.1) is 6.92 Å². The SMILES string of the molecule is CCc1c(C)ccnc1NN. The quantitative estimate of drug-likeness (QED) is 0.494. The van der Waals surface area contributed by atoms with Crippen molar-refractivity contribution in [2.45, 2.75) is 20.3 Å². The molecule has 0 fully saturated rings. The first-order valence-corrected chi connectivity index (χ1v) is 3.70. The normalized spacial score (nSPS) is 9.73. The molecule has 0 saturated heterocycles. The van der Waals surface area contributed by atoms with Gasteiger partial charge < -0.3 is 5.43 Å². The fourth-order valence-corrected chi connectivity index (χ4v) is 1.16. The van der Waals surface area contributed by atoms with Crippen LogP contribution in [0.5, 0.6) is 0 Å². The number of nitrogen functional groups attached to an aromatic ring is 1. The molecule has 0 radical (unpaired) electrons. The van der Waals surface area contributed by atoms with E-state index in [0.717, 1.165) is 12.2 Å². The van der Waals surface area contributed by atoms with Gasteiger partial charge in [0.25, 0.3) is 0 Å². The van der Waals surface area contributed by atoms with Crippen LogP contribution in [-0.2, 0) is 6.42 Å². The topological polar surface area (TPSA) is 50.9 Å². The van der Waals surface area contributed by atoms with E-state index in [2.05, 4.69) is 24.3 Å². The third kappa shape index (κ3) is 1.49. The zero-order valence-corrected chi connectivity index (χ0v) is 6.89. The third-order valence-electron chi connectivity index (χ3n) is 1.78. The van der Waals surface area contributed by atoms with E-state index >= 15 is 0 Å². The molecular formula is C8H13N3. The van der Waals surface area contributed by atoms with Crippen molar-refractivity contribution in [3.8, 4) is 0 Å². The molecule has 0 aliphatic heterocycles. The van der Waals surface area contributed by atoms with Crippen LogP contribution in [0.4, 0.5) is 5.82 Å². The molecule has 0 bridgehead atoms. The van der Waals surface area contributed by atoms with E-state index < -0.39 is 0 Å². The average molecular weight is 151 g/mol. The lowest BCUT2D eigenvalue weighted by atomic mass is 10.1. The summed E-state index contributed by atoms with van der Waals surface area (Å²) < 4.78 is 0. The summed E-state index contributed by atoms with van der Waals surface area (Å²) in [6, 6.07) is 1.99. The molecule has 0 unspecified atom stereocenters. The number of rotatable bonds is 2. The molecule has 0 spiro atoms. The minimum Gasteiger partial charge on any atom is -0.308 e. The Labute approximate surface area is 66.6 Å². The second-order valence-electron chi connectivity index (χ2n) is 2.45. The van der Waals surface area contributed by atoms with Gasteiger partial charge >= 0.3 is 0 Å². The highest BCUT2D eigenvalue weighted by molar-refractivity contribution is 5.46.